The number of imidazole rings is 1. The van der Waals surface area contributed by atoms with Crippen LogP contribution in [0.4, 0.5) is 5.69 Å². The summed E-state index contributed by atoms with van der Waals surface area (Å²) in [6.45, 7) is 3.97. The summed E-state index contributed by atoms with van der Waals surface area (Å²) in [7, 11) is 1.58. The molecule has 0 radical (unpaired) electrons. The molecule has 0 saturated carbocycles. The van der Waals surface area contributed by atoms with E-state index in [-0.39, 0.29) is 23.2 Å². The van der Waals surface area contributed by atoms with Gasteiger partial charge in [-0.3, -0.25) is 14.2 Å². The molecule has 0 fully saturated rings. The highest BCUT2D eigenvalue weighted by Gasteiger charge is 2.22. The standard InChI is InChI=1S/C22H23N5O4S/c1-12(11-31-3)27-20(29)15-6-4-5-7-16(15)26-22(27)32-13(2)19(28)23-14-8-9-17-18(10-14)25-21(30)24-17/h4-10,12-13H,11H2,1-3H3,(H,23,28)(H2,24,25,30)/t12-,13-/m0/s1. The van der Waals surface area contributed by atoms with Crippen LogP contribution in [0.15, 0.2) is 57.2 Å². The van der Waals surface area contributed by atoms with Gasteiger partial charge in [0.2, 0.25) is 5.91 Å². The number of hydrogen-bond acceptors (Lipinski definition) is 6. The van der Waals surface area contributed by atoms with Gasteiger partial charge >= 0.3 is 5.69 Å². The van der Waals surface area contributed by atoms with Gasteiger partial charge in [-0.15, -0.1) is 0 Å². The van der Waals surface area contributed by atoms with Crippen LogP contribution in [0.5, 0.6) is 0 Å². The maximum atomic E-state index is 13.2. The molecule has 9 nitrogen and oxygen atoms in total. The zero-order valence-electron chi connectivity index (χ0n) is 17.8. The number of amides is 1. The zero-order chi connectivity index (χ0) is 22.8. The van der Waals surface area contributed by atoms with Crippen molar-refractivity contribution in [1.82, 2.24) is 19.5 Å². The number of aromatic amines is 2. The van der Waals surface area contributed by atoms with Crippen molar-refractivity contribution in [2.75, 3.05) is 19.0 Å². The van der Waals surface area contributed by atoms with Gasteiger partial charge in [-0.05, 0) is 44.2 Å². The minimum Gasteiger partial charge on any atom is -0.383 e. The smallest absolute Gasteiger partial charge is 0.323 e. The highest BCUT2D eigenvalue weighted by Crippen LogP contribution is 2.26. The summed E-state index contributed by atoms with van der Waals surface area (Å²) in [5, 5.41) is 3.29. The van der Waals surface area contributed by atoms with Gasteiger partial charge in [0, 0.05) is 12.8 Å². The molecule has 0 unspecified atom stereocenters. The lowest BCUT2D eigenvalue weighted by Gasteiger charge is -2.20. The summed E-state index contributed by atoms with van der Waals surface area (Å²) in [6, 6.07) is 12.0. The van der Waals surface area contributed by atoms with Gasteiger partial charge in [-0.1, -0.05) is 23.9 Å². The van der Waals surface area contributed by atoms with Gasteiger partial charge in [0.1, 0.15) is 0 Å². The molecular weight excluding hydrogens is 430 g/mol. The largest absolute Gasteiger partial charge is 0.383 e. The first-order valence-electron chi connectivity index (χ1n) is 10.1. The maximum Gasteiger partial charge on any atom is 0.323 e. The van der Waals surface area contributed by atoms with E-state index in [9.17, 15) is 14.4 Å². The first-order chi connectivity index (χ1) is 15.4. The fourth-order valence-corrected chi connectivity index (χ4v) is 4.49. The Labute approximate surface area is 187 Å². The fourth-order valence-electron chi connectivity index (χ4n) is 3.48. The minimum absolute atomic E-state index is 0.169. The van der Waals surface area contributed by atoms with Gasteiger partial charge in [0.05, 0.1) is 39.8 Å². The summed E-state index contributed by atoms with van der Waals surface area (Å²) >= 11 is 1.21. The van der Waals surface area contributed by atoms with E-state index in [0.29, 0.717) is 39.4 Å². The first kappa shape index (κ1) is 21.8. The van der Waals surface area contributed by atoms with E-state index >= 15 is 0 Å². The maximum absolute atomic E-state index is 13.2. The zero-order valence-corrected chi connectivity index (χ0v) is 18.7. The van der Waals surface area contributed by atoms with Crippen molar-refractivity contribution in [1.29, 1.82) is 0 Å². The van der Waals surface area contributed by atoms with Crippen molar-refractivity contribution >= 4 is 45.3 Å². The Morgan fingerprint density at radius 3 is 2.69 bits per heavy atom. The van der Waals surface area contributed by atoms with Crippen LogP contribution in [-0.2, 0) is 9.53 Å². The number of carbonyl (C=O) groups is 1. The van der Waals surface area contributed by atoms with Crippen molar-refractivity contribution in [3.05, 3.63) is 63.3 Å². The molecule has 0 aliphatic carbocycles. The average Bonchev–Trinajstić information content (AvgIpc) is 3.13. The third kappa shape index (κ3) is 4.32. The number of thioether (sulfide) groups is 1. The number of carbonyl (C=O) groups excluding carboxylic acids is 1. The van der Waals surface area contributed by atoms with Crippen LogP contribution in [-0.4, -0.2) is 44.4 Å². The van der Waals surface area contributed by atoms with E-state index in [1.807, 2.05) is 13.0 Å². The number of H-pyrrole nitrogens is 2. The number of aromatic nitrogens is 4. The van der Waals surface area contributed by atoms with Gasteiger partial charge in [-0.2, -0.15) is 0 Å². The third-order valence-electron chi connectivity index (χ3n) is 5.06. The molecule has 0 saturated heterocycles. The number of rotatable bonds is 7. The van der Waals surface area contributed by atoms with E-state index in [1.54, 1.807) is 55.0 Å². The Kier molecular flexibility index (Phi) is 6.15. The van der Waals surface area contributed by atoms with Crippen molar-refractivity contribution < 1.29 is 9.53 Å². The van der Waals surface area contributed by atoms with Crippen LogP contribution in [0.1, 0.15) is 19.9 Å². The van der Waals surface area contributed by atoms with Crippen molar-refractivity contribution in [3.8, 4) is 0 Å². The number of para-hydroxylation sites is 1. The van der Waals surface area contributed by atoms with E-state index in [1.165, 1.54) is 11.8 Å². The predicted octanol–water partition coefficient (Wildman–Crippen LogP) is 2.89. The Bertz CT molecular complexity index is 1410. The Hall–Kier alpha value is -3.37. The predicted molar refractivity (Wildman–Crippen MR) is 125 cm³/mol. The number of anilines is 1. The SMILES string of the molecule is COC[C@H](C)n1c(S[C@@H](C)C(=O)Nc2ccc3[nH]c(=O)[nH]c3c2)nc2ccccc2c1=O. The molecule has 0 aliphatic heterocycles. The molecule has 2 heterocycles. The summed E-state index contributed by atoms with van der Waals surface area (Å²) in [5.41, 5.74) is 1.92. The molecule has 0 spiro atoms. The number of fused-ring (bicyclic) bond motifs is 2. The number of benzene rings is 2. The lowest BCUT2D eigenvalue weighted by Crippen LogP contribution is -2.30. The normalized spacial score (nSPS) is 13.3. The molecular formula is C22H23N5O4S. The number of nitrogens with one attached hydrogen (secondary N) is 3. The molecule has 4 rings (SSSR count). The monoisotopic (exact) mass is 453 g/mol. The lowest BCUT2D eigenvalue weighted by atomic mass is 10.2. The van der Waals surface area contributed by atoms with Gasteiger partial charge < -0.3 is 20.0 Å². The number of ether oxygens (including phenoxy) is 1. The number of nitrogens with zero attached hydrogens (tertiary/aromatic N) is 2. The minimum atomic E-state index is -0.537. The second-order valence-corrected chi connectivity index (χ2v) is 8.79. The Morgan fingerprint density at radius 1 is 1.16 bits per heavy atom. The van der Waals surface area contributed by atoms with Crippen LogP contribution in [0, 0.1) is 0 Å². The van der Waals surface area contributed by atoms with Crippen LogP contribution in [0.25, 0.3) is 21.9 Å². The van der Waals surface area contributed by atoms with Crippen LogP contribution < -0.4 is 16.6 Å². The van der Waals surface area contributed by atoms with Gasteiger partial charge in [0.25, 0.3) is 5.56 Å². The molecule has 4 aromatic rings. The molecule has 2 aromatic heterocycles. The van der Waals surface area contributed by atoms with Crippen molar-refractivity contribution in [2.24, 2.45) is 0 Å². The van der Waals surface area contributed by atoms with Crippen LogP contribution in [0.3, 0.4) is 0 Å². The second kappa shape index (κ2) is 9.01. The van der Waals surface area contributed by atoms with Crippen LogP contribution in [0.2, 0.25) is 0 Å². The number of hydrogen-bond donors (Lipinski definition) is 3. The van der Waals surface area contributed by atoms with E-state index in [2.05, 4.69) is 20.3 Å². The van der Waals surface area contributed by atoms with E-state index in [0.717, 1.165) is 0 Å². The molecule has 32 heavy (non-hydrogen) atoms. The van der Waals surface area contributed by atoms with Crippen molar-refractivity contribution in [3.63, 3.8) is 0 Å². The lowest BCUT2D eigenvalue weighted by molar-refractivity contribution is -0.115. The summed E-state index contributed by atoms with van der Waals surface area (Å²) in [6.07, 6.45) is 0. The molecule has 166 valence electrons. The van der Waals surface area contributed by atoms with E-state index < -0.39 is 5.25 Å². The van der Waals surface area contributed by atoms with Gasteiger partial charge in [0.15, 0.2) is 5.16 Å². The highest BCUT2D eigenvalue weighted by atomic mass is 32.2. The molecule has 1 amide bonds. The van der Waals surface area contributed by atoms with Crippen LogP contribution >= 0.6 is 11.8 Å². The van der Waals surface area contributed by atoms with E-state index in [4.69, 9.17) is 4.74 Å². The Balaban J connectivity index is 1.62. The Morgan fingerprint density at radius 2 is 1.91 bits per heavy atom. The molecule has 0 aliphatic rings. The summed E-state index contributed by atoms with van der Waals surface area (Å²) < 4.78 is 6.82. The second-order valence-electron chi connectivity index (χ2n) is 7.48. The first-order valence-corrected chi connectivity index (χ1v) is 10.9. The molecule has 3 N–H and O–H groups in total. The molecule has 0 bridgehead atoms. The summed E-state index contributed by atoms with van der Waals surface area (Å²) in [5.74, 6) is -0.249. The molecule has 2 aromatic carbocycles. The number of methoxy groups -OCH3 is 1. The fraction of sp³-hybridized carbons (Fsp3) is 0.273. The quantitative estimate of drug-likeness (QED) is 0.292. The molecule has 10 heteroatoms. The average molecular weight is 454 g/mol. The molecule has 2 atom stereocenters. The van der Waals surface area contributed by atoms with Crippen molar-refractivity contribution in [2.45, 2.75) is 30.3 Å². The van der Waals surface area contributed by atoms with Gasteiger partial charge in [-0.25, -0.2) is 9.78 Å². The highest BCUT2D eigenvalue weighted by molar-refractivity contribution is 8.00. The summed E-state index contributed by atoms with van der Waals surface area (Å²) in [4.78, 5) is 47.5. The topological polar surface area (TPSA) is 122 Å². The third-order valence-corrected chi connectivity index (χ3v) is 6.13.